The molecule has 70 valence electrons. The summed E-state index contributed by atoms with van der Waals surface area (Å²) in [6, 6.07) is 8.13. The number of nitrogens with one attached hydrogen (secondary N) is 1. The van der Waals surface area contributed by atoms with E-state index in [4.69, 9.17) is 0 Å². The molecule has 0 fully saturated rings. The van der Waals surface area contributed by atoms with E-state index in [1.807, 2.05) is 0 Å². The molecule has 0 aliphatic carbocycles. The van der Waals surface area contributed by atoms with Crippen LogP contribution in [0.25, 0.3) is 11.3 Å². The number of aromatic nitrogens is 2. The summed E-state index contributed by atoms with van der Waals surface area (Å²) in [5, 5.41) is 11.3. The summed E-state index contributed by atoms with van der Waals surface area (Å²) in [4.78, 5) is 13.3. The maximum absolute atomic E-state index is 11.3. The molecule has 2 aromatic rings. The van der Waals surface area contributed by atoms with Gasteiger partial charge in [-0.2, -0.15) is 4.73 Å². The number of nitrogens with zero attached hydrogens (tertiary/aromatic N) is 1. The molecule has 14 heavy (non-hydrogen) atoms. The van der Waals surface area contributed by atoms with E-state index in [-0.39, 0.29) is 5.56 Å². The molecule has 0 aromatic carbocycles. The fourth-order valence-electron chi connectivity index (χ4n) is 1.22. The van der Waals surface area contributed by atoms with Gasteiger partial charge in [-0.05, 0) is 12.1 Å². The monoisotopic (exact) mass is 188 g/mol. The van der Waals surface area contributed by atoms with Crippen LogP contribution in [0.1, 0.15) is 0 Å². The third-order valence-electron chi connectivity index (χ3n) is 1.90. The molecule has 2 aromatic heterocycles. The zero-order chi connectivity index (χ0) is 9.97. The van der Waals surface area contributed by atoms with Gasteiger partial charge < -0.3 is 10.2 Å². The topological polar surface area (TPSA) is 59.8 Å². The molecule has 4 nitrogen and oxygen atoms in total. The summed E-state index contributed by atoms with van der Waals surface area (Å²) in [5.41, 5.74) is 1.03. The van der Waals surface area contributed by atoms with Gasteiger partial charge in [0.2, 0.25) is 11.3 Å². The fourth-order valence-corrected chi connectivity index (χ4v) is 1.22. The minimum absolute atomic E-state index is 0.179. The molecule has 1 N–H and O–H groups in total. The van der Waals surface area contributed by atoms with E-state index in [9.17, 15) is 10.0 Å². The molecule has 0 aliphatic heterocycles. The lowest BCUT2D eigenvalue weighted by atomic mass is 10.2. The van der Waals surface area contributed by atoms with Gasteiger partial charge in [-0.25, -0.2) is 0 Å². The maximum atomic E-state index is 11.3. The van der Waals surface area contributed by atoms with Gasteiger partial charge in [-0.3, -0.25) is 4.79 Å². The van der Waals surface area contributed by atoms with Crippen molar-refractivity contribution in [2.24, 2.45) is 0 Å². The molecule has 0 unspecified atom stereocenters. The Kier molecular flexibility index (Phi) is 2.02. The highest BCUT2D eigenvalue weighted by Gasteiger charge is 2.05. The smallest absolute Gasteiger partial charge is 0.247 e. The zero-order valence-electron chi connectivity index (χ0n) is 7.31. The number of pyridine rings is 2. The van der Waals surface area contributed by atoms with Crippen LogP contribution in [0.5, 0.6) is 0 Å². The number of rotatable bonds is 1. The van der Waals surface area contributed by atoms with Crippen molar-refractivity contribution in [2.75, 3.05) is 0 Å². The van der Waals surface area contributed by atoms with E-state index in [1.165, 1.54) is 18.5 Å². The van der Waals surface area contributed by atoms with Gasteiger partial charge in [-0.1, -0.05) is 0 Å². The summed E-state index contributed by atoms with van der Waals surface area (Å²) in [6.45, 7) is 0. The van der Waals surface area contributed by atoms with Crippen molar-refractivity contribution in [1.29, 1.82) is 0 Å². The minimum Gasteiger partial charge on any atom is -0.618 e. The molecule has 0 aliphatic rings. The highest BCUT2D eigenvalue weighted by molar-refractivity contribution is 5.53. The molecule has 0 saturated heterocycles. The number of hydrogen-bond acceptors (Lipinski definition) is 2. The number of aromatic amines is 1. The molecule has 0 bridgehead atoms. The molecule has 0 radical (unpaired) electrons. The number of hydrogen-bond donors (Lipinski definition) is 1. The fraction of sp³-hybridized carbons (Fsp3) is 0. The Balaban J connectivity index is 2.55. The van der Waals surface area contributed by atoms with Gasteiger partial charge in [0.25, 0.3) is 0 Å². The molecular weight excluding hydrogens is 180 g/mol. The molecule has 2 heterocycles. The van der Waals surface area contributed by atoms with Gasteiger partial charge in [0, 0.05) is 24.4 Å². The molecular formula is C10H8N2O2. The Hall–Kier alpha value is -2.10. The van der Waals surface area contributed by atoms with E-state index >= 15 is 0 Å². The van der Waals surface area contributed by atoms with Crippen molar-refractivity contribution in [2.45, 2.75) is 0 Å². The van der Waals surface area contributed by atoms with E-state index in [0.29, 0.717) is 11.3 Å². The van der Waals surface area contributed by atoms with Crippen LogP contribution >= 0.6 is 0 Å². The normalized spacial score (nSPS) is 10.0. The van der Waals surface area contributed by atoms with E-state index in [1.54, 1.807) is 24.3 Å². The highest BCUT2D eigenvalue weighted by Crippen LogP contribution is 2.10. The standard InChI is InChI=1S/C10H8N2O2/c13-10-5-4-8(7-11-10)9-3-1-2-6-12(9)14/h1-7H,(H,11,13). The summed E-state index contributed by atoms with van der Waals surface area (Å²) in [6.07, 6.45) is 2.94. The van der Waals surface area contributed by atoms with Gasteiger partial charge in [0.05, 0.1) is 5.56 Å². The summed E-state index contributed by atoms with van der Waals surface area (Å²) >= 11 is 0. The van der Waals surface area contributed by atoms with Crippen LogP contribution in [-0.2, 0) is 0 Å². The molecule has 2 rings (SSSR count). The lowest BCUT2D eigenvalue weighted by Crippen LogP contribution is -2.28. The lowest BCUT2D eigenvalue weighted by molar-refractivity contribution is -0.593. The van der Waals surface area contributed by atoms with Crippen molar-refractivity contribution in [3.05, 3.63) is 58.3 Å². The SMILES string of the molecule is O=c1ccc(-c2cccc[n+]2[O-])c[nH]1. The molecule has 0 saturated carbocycles. The van der Waals surface area contributed by atoms with Crippen LogP contribution < -0.4 is 10.3 Å². The third-order valence-corrected chi connectivity index (χ3v) is 1.90. The second kappa shape index (κ2) is 3.33. The Morgan fingerprint density at radius 1 is 1.21 bits per heavy atom. The van der Waals surface area contributed by atoms with Crippen LogP contribution in [0, 0.1) is 5.21 Å². The lowest BCUT2D eigenvalue weighted by Gasteiger charge is -2.02. The van der Waals surface area contributed by atoms with Gasteiger partial charge in [-0.15, -0.1) is 0 Å². The molecule has 0 amide bonds. The predicted octanol–water partition coefficient (Wildman–Crippen LogP) is 0.675. The first-order valence-corrected chi connectivity index (χ1v) is 4.15. The minimum atomic E-state index is -0.179. The van der Waals surface area contributed by atoms with Crippen LogP contribution in [0.3, 0.4) is 0 Å². The van der Waals surface area contributed by atoms with E-state index in [0.717, 1.165) is 4.73 Å². The van der Waals surface area contributed by atoms with E-state index in [2.05, 4.69) is 4.98 Å². The average Bonchev–Trinajstić information content (AvgIpc) is 2.20. The van der Waals surface area contributed by atoms with Crippen molar-refractivity contribution < 1.29 is 4.73 Å². The maximum Gasteiger partial charge on any atom is 0.247 e. The highest BCUT2D eigenvalue weighted by atomic mass is 16.5. The first kappa shape index (κ1) is 8.50. The first-order chi connectivity index (χ1) is 6.77. The van der Waals surface area contributed by atoms with Crippen molar-refractivity contribution in [1.82, 2.24) is 4.98 Å². The summed E-state index contributed by atoms with van der Waals surface area (Å²) in [7, 11) is 0. The van der Waals surface area contributed by atoms with E-state index < -0.39 is 0 Å². The average molecular weight is 188 g/mol. The van der Waals surface area contributed by atoms with Crippen molar-refractivity contribution in [3.63, 3.8) is 0 Å². The van der Waals surface area contributed by atoms with Gasteiger partial charge >= 0.3 is 0 Å². The Bertz CT molecular complexity index is 485. The second-order valence-electron chi connectivity index (χ2n) is 2.85. The van der Waals surface area contributed by atoms with Crippen LogP contribution in [0.2, 0.25) is 0 Å². The van der Waals surface area contributed by atoms with Crippen LogP contribution in [-0.4, -0.2) is 4.98 Å². The van der Waals surface area contributed by atoms with Gasteiger partial charge in [0.1, 0.15) is 0 Å². The van der Waals surface area contributed by atoms with Crippen molar-refractivity contribution >= 4 is 0 Å². The van der Waals surface area contributed by atoms with Gasteiger partial charge in [0.15, 0.2) is 6.20 Å². The molecule has 0 spiro atoms. The first-order valence-electron chi connectivity index (χ1n) is 4.15. The summed E-state index contributed by atoms with van der Waals surface area (Å²) in [5.74, 6) is 0. The Labute approximate surface area is 80.0 Å². The zero-order valence-corrected chi connectivity index (χ0v) is 7.31. The van der Waals surface area contributed by atoms with Crippen LogP contribution in [0.15, 0.2) is 47.5 Å². The van der Waals surface area contributed by atoms with Crippen LogP contribution in [0.4, 0.5) is 0 Å². The van der Waals surface area contributed by atoms with Crippen molar-refractivity contribution in [3.8, 4) is 11.3 Å². The third kappa shape index (κ3) is 1.50. The predicted molar refractivity (Wildman–Crippen MR) is 51.5 cm³/mol. The molecule has 0 atom stereocenters. The number of H-pyrrole nitrogens is 1. The Morgan fingerprint density at radius 2 is 2.07 bits per heavy atom. The molecule has 4 heteroatoms. The summed E-state index contributed by atoms with van der Waals surface area (Å²) < 4.78 is 0.758. The largest absolute Gasteiger partial charge is 0.618 e. The Morgan fingerprint density at radius 3 is 2.71 bits per heavy atom. The second-order valence-corrected chi connectivity index (χ2v) is 2.85. The quantitative estimate of drug-likeness (QED) is 0.528.